The van der Waals surface area contributed by atoms with Crippen LogP contribution >= 0.6 is 11.3 Å². The van der Waals surface area contributed by atoms with Crippen LogP contribution in [0.5, 0.6) is 0 Å². The van der Waals surface area contributed by atoms with Crippen molar-refractivity contribution in [2.45, 2.75) is 19.4 Å². The molecule has 8 nitrogen and oxygen atoms in total. The number of methoxy groups -OCH3 is 1. The third kappa shape index (κ3) is 3.67. The molecule has 0 aliphatic carbocycles. The molecule has 0 radical (unpaired) electrons. The molecule has 1 fully saturated rings. The molecule has 1 amide bonds. The molecule has 2 aromatic carbocycles. The minimum absolute atomic E-state index is 0.0553. The monoisotopic (exact) mass is 449 g/mol. The van der Waals surface area contributed by atoms with Gasteiger partial charge in [-0.15, -0.1) is 10.2 Å². The van der Waals surface area contributed by atoms with Crippen molar-refractivity contribution in [1.29, 1.82) is 0 Å². The Kier molecular flexibility index (Phi) is 5.83. The van der Waals surface area contributed by atoms with Crippen LogP contribution in [0.15, 0.2) is 60.2 Å². The van der Waals surface area contributed by atoms with E-state index >= 15 is 0 Å². The van der Waals surface area contributed by atoms with Crippen LogP contribution in [-0.4, -0.2) is 40.1 Å². The summed E-state index contributed by atoms with van der Waals surface area (Å²) >= 11 is 1.21. The molecule has 1 unspecified atom stereocenters. The molecule has 1 atom stereocenters. The Morgan fingerprint density at radius 1 is 1.06 bits per heavy atom. The normalized spacial score (nSPS) is 17.6. The van der Waals surface area contributed by atoms with Gasteiger partial charge in [0, 0.05) is 5.56 Å². The van der Waals surface area contributed by atoms with Gasteiger partial charge in [-0.05, 0) is 24.1 Å². The number of anilines is 1. The van der Waals surface area contributed by atoms with Gasteiger partial charge < -0.3 is 9.84 Å². The second-order valence-corrected chi connectivity index (χ2v) is 8.02. The smallest absolute Gasteiger partial charge is 0.337 e. The van der Waals surface area contributed by atoms with Gasteiger partial charge in [0.15, 0.2) is 0 Å². The Labute approximate surface area is 187 Å². The van der Waals surface area contributed by atoms with Crippen molar-refractivity contribution in [2.24, 2.45) is 0 Å². The van der Waals surface area contributed by atoms with Crippen LogP contribution in [0.2, 0.25) is 0 Å². The lowest BCUT2D eigenvalue weighted by Crippen LogP contribution is -2.29. The van der Waals surface area contributed by atoms with E-state index in [9.17, 15) is 19.5 Å². The SMILES string of the molecule is CCc1nnc(N2C(=O)C(=O)/C(=C(/O)c3ccccc3)C2c2ccc(C(=O)OC)cc2)s1. The minimum Gasteiger partial charge on any atom is -0.507 e. The van der Waals surface area contributed by atoms with Gasteiger partial charge in [-0.2, -0.15) is 0 Å². The zero-order chi connectivity index (χ0) is 22.8. The van der Waals surface area contributed by atoms with Crippen molar-refractivity contribution in [3.05, 3.63) is 81.9 Å². The van der Waals surface area contributed by atoms with Gasteiger partial charge in [0.1, 0.15) is 10.8 Å². The lowest BCUT2D eigenvalue weighted by atomic mass is 9.95. The molecule has 1 aromatic heterocycles. The molecule has 1 aliphatic rings. The van der Waals surface area contributed by atoms with Crippen molar-refractivity contribution in [2.75, 3.05) is 12.0 Å². The molecule has 1 saturated heterocycles. The van der Waals surface area contributed by atoms with Crippen LogP contribution in [0.25, 0.3) is 5.76 Å². The Morgan fingerprint density at radius 3 is 2.34 bits per heavy atom. The lowest BCUT2D eigenvalue weighted by Gasteiger charge is -2.22. The highest BCUT2D eigenvalue weighted by molar-refractivity contribution is 7.15. The lowest BCUT2D eigenvalue weighted by molar-refractivity contribution is -0.132. The van der Waals surface area contributed by atoms with E-state index in [1.807, 2.05) is 6.92 Å². The fraction of sp³-hybridized carbons (Fsp3) is 0.174. The molecule has 0 spiro atoms. The van der Waals surface area contributed by atoms with E-state index in [4.69, 9.17) is 4.74 Å². The van der Waals surface area contributed by atoms with Gasteiger partial charge >= 0.3 is 11.9 Å². The highest BCUT2D eigenvalue weighted by atomic mass is 32.1. The molecule has 0 saturated carbocycles. The number of aromatic nitrogens is 2. The highest BCUT2D eigenvalue weighted by Gasteiger charge is 2.48. The highest BCUT2D eigenvalue weighted by Crippen LogP contribution is 2.43. The number of Topliss-reactive ketones (excluding diaryl/α,β-unsaturated/α-hetero) is 1. The van der Waals surface area contributed by atoms with E-state index in [-0.39, 0.29) is 16.5 Å². The summed E-state index contributed by atoms with van der Waals surface area (Å²) in [6.07, 6.45) is 0.629. The number of rotatable bonds is 5. The van der Waals surface area contributed by atoms with Gasteiger partial charge in [-0.3, -0.25) is 14.5 Å². The first kappa shape index (κ1) is 21.4. The van der Waals surface area contributed by atoms with Crippen molar-refractivity contribution in [1.82, 2.24) is 10.2 Å². The van der Waals surface area contributed by atoms with E-state index in [0.717, 1.165) is 0 Å². The van der Waals surface area contributed by atoms with Crippen molar-refractivity contribution in [3.8, 4) is 0 Å². The summed E-state index contributed by atoms with van der Waals surface area (Å²) in [6, 6.07) is 13.9. The maximum absolute atomic E-state index is 13.1. The summed E-state index contributed by atoms with van der Waals surface area (Å²) in [5.74, 6) is -2.41. The first-order valence-corrected chi connectivity index (χ1v) is 10.6. The number of hydrogen-bond donors (Lipinski definition) is 1. The predicted molar refractivity (Wildman–Crippen MR) is 118 cm³/mol. The topological polar surface area (TPSA) is 110 Å². The van der Waals surface area contributed by atoms with Gasteiger partial charge in [0.2, 0.25) is 5.13 Å². The van der Waals surface area contributed by atoms with Gasteiger partial charge in [0.05, 0.1) is 24.3 Å². The van der Waals surface area contributed by atoms with E-state index in [1.165, 1.54) is 23.3 Å². The van der Waals surface area contributed by atoms with E-state index < -0.39 is 23.7 Å². The maximum atomic E-state index is 13.1. The number of nitrogens with zero attached hydrogens (tertiary/aromatic N) is 3. The molecule has 4 rings (SSSR count). The summed E-state index contributed by atoms with van der Waals surface area (Å²) in [5.41, 5.74) is 1.21. The van der Waals surface area contributed by atoms with E-state index in [2.05, 4.69) is 10.2 Å². The molecule has 162 valence electrons. The number of carbonyl (C=O) groups is 3. The molecule has 9 heteroatoms. The second-order valence-electron chi connectivity index (χ2n) is 6.98. The first-order valence-electron chi connectivity index (χ1n) is 9.83. The van der Waals surface area contributed by atoms with Crippen LogP contribution in [0.1, 0.15) is 39.5 Å². The van der Waals surface area contributed by atoms with Crippen LogP contribution in [0, 0.1) is 0 Å². The number of ether oxygens (including phenoxy) is 1. The average molecular weight is 449 g/mol. The Balaban J connectivity index is 1.89. The summed E-state index contributed by atoms with van der Waals surface area (Å²) in [5, 5.41) is 20.2. The summed E-state index contributed by atoms with van der Waals surface area (Å²) in [7, 11) is 1.28. The van der Waals surface area contributed by atoms with E-state index in [1.54, 1.807) is 54.6 Å². The fourth-order valence-electron chi connectivity index (χ4n) is 3.50. The van der Waals surface area contributed by atoms with Crippen LogP contribution in [-0.2, 0) is 20.7 Å². The fourth-order valence-corrected chi connectivity index (χ4v) is 4.31. The second kappa shape index (κ2) is 8.72. The Bertz CT molecular complexity index is 1220. The van der Waals surface area contributed by atoms with Crippen molar-refractivity contribution >= 4 is 39.9 Å². The van der Waals surface area contributed by atoms with Crippen LogP contribution in [0.3, 0.4) is 0 Å². The van der Waals surface area contributed by atoms with Gasteiger partial charge in [-0.1, -0.05) is 60.7 Å². The summed E-state index contributed by atoms with van der Waals surface area (Å²) in [4.78, 5) is 39.2. The molecule has 1 N–H and O–H groups in total. The standard InChI is InChI=1S/C23H19N3O5S/c1-3-16-24-25-23(32-16)26-18(13-9-11-15(12-10-13)22(30)31-2)17(20(28)21(26)29)19(27)14-7-5-4-6-8-14/h4-12,18,27H,3H2,1-2H3/b19-17+. The van der Waals surface area contributed by atoms with Crippen LogP contribution in [0.4, 0.5) is 5.13 Å². The third-order valence-corrected chi connectivity index (χ3v) is 6.17. The molecular formula is C23H19N3O5S. The number of benzene rings is 2. The number of ketones is 1. The molecule has 3 aromatic rings. The number of amides is 1. The predicted octanol–water partition coefficient (Wildman–Crippen LogP) is 3.51. The number of aliphatic hydroxyl groups excluding tert-OH is 1. The Morgan fingerprint density at radius 2 is 1.75 bits per heavy atom. The largest absolute Gasteiger partial charge is 0.507 e. The number of esters is 1. The number of aryl methyl sites for hydroxylation is 1. The minimum atomic E-state index is -0.931. The third-order valence-electron chi connectivity index (χ3n) is 5.10. The van der Waals surface area contributed by atoms with E-state index in [0.29, 0.717) is 28.1 Å². The molecule has 32 heavy (non-hydrogen) atoms. The molecule has 2 heterocycles. The maximum Gasteiger partial charge on any atom is 0.337 e. The molecular weight excluding hydrogens is 430 g/mol. The average Bonchev–Trinajstić information content (AvgIpc) is 3.41. The van der Waals surface area contributed by atoms with Gasteiger partial charge in [0.25, 0.3) is 5.78 Å². The van der Waals surface area contributed by atoms with Crippen molar-refractivity contribution in [3.63, 3.8) is 0 Å². The quantitative estimate of drug-likeness (QED) is 0.275. The zero-order valence-electron chi connectivity index (χ0n) is 17.3. The Hall–Kier alpha value is -3.85. The van der Waals surface area contributed by atoms with Crippen LogP contribution < -0.4 is 4.90 Å². The number of hydrogen-bond acceptors (Lipinski definition) is 8. The van der Waals surface area contributed by atoms with Crippen molar-refractivity contribution < 1.29 is 24.2 Å². The summed E-state index contributed by atoms with van der Waals surface area (Å²) < 4.78 is 4.73. The van der Waals surface area contributed by atoms with Gasteiger partial charge in [-0.25, -0.2) is 4.79 Å². The zero-order valence-corrected chi connectivity index (χ0v) is 18.1. The first-order chi connectivity index (χ1) is 15.5. The number of aliphatic hydroxyl groups is 1. The summed E-state index contributed by atoms with van der Waals surface area (Å²) in [6.45, 7) is 1.91. The number of carbonyl (C=O) groups excluding carboxylic acids is 3. The molecule has 0 bridgehead atoms. The molecule has 1 aliphatic heterocycles.